The fourth-order valence-corrected chi connectivity index (χ4v) is 1.86. The van der Waals surface area contributed by atoms with E-state index in [0.29, 0.717) is 26.2 Å². The zero-order valence-corrected chi connectivity index (χ0v) is 12.2. The zero-order valence-electron chi connectivity index (χ0n) is 12.2. The lowest BCUT2D eigenvalue weighted by atomic mass is 10.2. The summed E-state index contributed by atoms with van der Waals surface area (Å²) in [5, 5.41) is 2.93. The molecule has 0 fully saturated rings. The first-order chi connectivity index (χ1) is 9.76. The van der Waals surface area contributed by atoms with Gasteiger partial charge < -0.3 is 15.8 Å². The Hall–Kier alpha value is -1.43. The summed E-state index contributed by atoms with van der Waals surface area (Å²) in [6.07, 6.45) is 0.885. The van der Waals surface area contributed by atoms with Crippen LogP contribution in [0, 0.1) is 0 Å². The van der Waals surface area contributed by atoms with Crippen molar-refractivity contribution < 1.29 is 9.53 Å². The summed E-state index contributed by atoms with van der Waals surface area (Å²) >= 11 is 0. The fourth-order valence-electron chi connectivity index (χ4n) is 1.86. The van der Waals surface area contributed by atoms with Gasteiger partial charge in [0.15, 0.2) is 0 Å². The van der Waals surface area contributed by atoms with Crippen LogP contribution in [0.3, 0.4) is 0 Å². The molecule has 3 N–H and O–H groups in total. The van der Waals surface area contributed by atoms with Crippen LogP contribution in [0.2, 0.25) is 0 Å². The number of methoxy groups -OCH3 is 1. The van der Waals surface area contributed by atoms with Gasteiger partial charge >= 0.3 is 0 Å². The maximum absolute atomic E-state index is 11.9. The fraction of sp³-hybridized carbons (Fsp3) is 0.533. The number of hydrogen-bond donors (Lipinski definition) is 2. The van der Waals surface area contributed by atoms with Crippen molar-refractivity contribution in [2.75, 3.05) is 39.9 Å². The number of carbonyl (C=O) groups excluding carboxylic acids is 1. The molecule has 0 saturated heterocycles. The third-order valence-electron chi connectivity index (χ3n) is 2.99. The van der Waals surface area contributed by atoms with Crippen LogP contribution in [0.5, 0.6) is 0 Å². The molecule has 0 aromatic heterocycles. The molecular weight excluding hydrogens is 254 g/mol. The largest absolute Gasteiger partial charge is 0.383 e. The standard InChI is InChI=1S/C15H25N3O2/c1-20-11-10-18(9-5-8-16)13-15(19)17-12-14-6-3-2-4-7-14/h2-4,6-7H,5,8-13,16H2,1H3,(H,17,19). The van der Waals surface area contributed by atoms with Gasteiger partial charge in [-0.25, -0.2) is 0 Å². The van der Waals surface area contributed by atoms with Crippen molar-refractivity contribution in [3.63, 3.8) is 0 Å². The molecule has 0 aliphatic carbocycles. The van der Waals surface area contributed by atoms with E-state index in [0.717, 1.165) is 25.1 Å². The molecule has 0 unspecified atom stereocenters. The van der Waals surface area contributed by atoms with Crippen LogP contribution in [-0.4, -0.2) is 50.7 Å². The van der Waals surface area contributed by atoms with Crippen molar-refractivity contribution in [2.24, 2.45) is 5.73 Å². The number of carbonyl (C=O) groups is 1. The summed E-state index contributed by atoms with van der Waals surface area (Å²) in [5.41, 5.74) is 6.62. The van der Waals surface area contributed by atoms with Crippen molar-refractivity contribution in [2.45, 2.75) is 13.0 Å². The van der Waals surface area contributed by atoms with E-state index < -0.39 is 0 Å². The molecule has 0 aliphatic rings. The Labute approximate surface area is 121 Å². The quantitative estimate of drug-likeness (QED) is 0.658. The Kier molecular flexibility index (Phi) is 8.62. The van der Waals surface area contributed by atoms with E-state index in [1.54, 1.807) is 7.11 Å². The van der Waals surface area contributed by atoms with Crippen molar-refractivity contribution in [3.8, 4) is 0 Å². The SMILES string of the molecule is COCCN(CCCN)CC(=O)NCc1ccccc1. The lowest BCUT2D eigenvalue weighted by molar-refractivity contribution is -0.122. The predicted octanol–water partition coefficient (Wildman–Crippen LogP) is 0.600. The van der Waals surface area contributed by atoms with Gasteiger partial charge in [0, 0.05) is 20.2 Å². The molecule has 0 atom stereocenters. The number of nitrogens with zero attached hydrogens (tertiary/aromatic N) is 1. The molecule has 1 aromatic rings. The summed E-state index contributed by atoms with van der Waals surface area (Å²) in [7, 11) is 1.66. The smallest absolute Gasteiger partial charge is 0.234 e. The highest BCUT2D eigenvalue weighted by atomic mass is 16.5. The van der Waals surface area contributed by atoms with Crippen LogP contribution in [0.4, 0.5) is 0 Å². The molecule has 5 nitrogen and oxygen atoms in total. The number of rotatable bonds is 10. The van der Waals surface area contributed by atoms with E-state index in [2.05, 4.69) is 10.2 Å². The third kappa shape index (κ3) is 7.23. The Balaban J connectivity index is 2.32. The number of ether oxygens (including phenoxy) is 1. The van der Waals surface area contributed by atoms with Gasteiger partial charge in [-0.3, -0.25) is 9.69 Å². The predicted molar refractivity (Wildman–Crippen MR) is 80.3 cm³/mol. The van der Waals surface area contributed by atoms with Crippen LogP contribution in [-0.2, 0) is 16.1 Å². The topological polar surface area (TPSA) is 67.6 Å². The first-order valence-corrected chi connectivity index (χ1v) is 6.98. The van der Waals surface area contributed by atoms with Crippen molar-refractivity contribution in [3.05, 3.63) is 35.9 Å². The summed E-state index contributed by atoms with van der Waals surface area (Å²) < 4.78 is 5.06. The third-order valence-corrected chi connectivity index (χ3v) is 2.99. The zero-order chi connectivity index (χ0) is 14.6. The highest BCUT2D eigenvalue weighted by molar-refractivity contribution is 5.78. The van der Waals surface area contributed by atoms with Crippen LogP contribution < -0.4 is 11.1 Å². The van der Waals surface area contributed by atoms with Gasteiger partial charge in [-0.2, -0.15) is 0 Å². The number of hydrogen-bond acceptors (Lipinski definition) is 4. The summed E-state index contributed by atoms with van der Waals surface area (Å²) in [5.74, 6) is 0.0296. The molecule has 0 bridgehead atoms. The van der Waals surface area contributed by atoms with E-state index >= 15 is 0 Å². The highest BCUT2D eigenvalue weighted by Gasteiger charge is 2.09. The lowest BCUT2D eigenvalue weighted by Gasteiger charge is -2.21. The molecule has 112 valence electrons. The molecule has 0 heterocycles. The maximum atomic E-state index is 11.9. The Bertz CT molecular complexity index is 363. The monoisotopic (exact) mass is 279 g/mol. The van der Waals surface area contributed by atoms with E-state index in [-0.39, 0.29) is 5.91 Å². The Morgan fingerprint density at radius 2 is 2.05 bits per heavy atom. The van der Waals surface area contributed by atoms with E-state index in [9.17, 15) is 4.79 Å². The van der Waals surface area contributed by atoms with Gasteiger partial charge in [-0.1, -0.05) is 30.3 Å². The van der Waals surface area contributed by atoms with Crippen molar-refractivity contribution in [1.29, 1.82) is 0 Å². The molecule has 0 spiro atoms. The first-order valence-electron chi connectivity index (χ1n) is 6.98. The van der Waals surface area contributed by atoms with Crippen LogP contribution in [0.25, 0.3) is 0 Å². The summed E-state index contributed by atoms with van der Waals surface area (Å²) in [6, 6.07) is 9.89. The van der Waals surface area contributed by atoms with Gasteiger partial charge in [-0.15, -0.1) is 0 Å². The molecule has 1 rings (SSSR count). The van der Waals surface area contributed by atoms with E-state index in [1.807, 2.05) is 30.3 Å². The van der Waals surface area contributed by atoms with Crippen LogP contribution in [0.15, 0.2) is 30.3 Å². The van der Waals surface area contributed by atoms with Gasteiger partial charge in [0.05, 0.1) is 13.2 Å². The summed E-state index contributed by atoms with van der Waals surface area (Å²) in [6.45, 7) is 3.77. The highest BCUT2D eigenvalue weighted by Crippen LogP contribution is 1.97. The molecule has 0 saturated carbocycles. The number of nitrogens with two attached hydrogens (primary N) is 1. The van der Waals surface area contributed by atoms with Gasteiger partial charge in [0.2, 0.25) is 5.91 Å². The average Bonchev–Trinajstić information content (AvgIpc) is 2.49. The second kappa shape index (κ2) is 10.4. The van der Waals surface area contributed by atoms with E-state index in [4.69, 9.17) is 10.5 Å². The molecule has 20 heavy (non-hydrogen) atoms. The molecule has 1 aromatic carbocycles. The Morgan fingerprint density at radius 1 is 1.30 bits per heavy atom. The first kappa shape index (κ1) is 16.6. The molecular formula is C15H25N3O2. The number of amides is 1. The minimum absolute atomic E-state index is 0.0296. The maximum Gasteiger partial charge on any atom is 0.234 e. The Morgan fingerprint density at radius 3 is 2.70 bits per heavy atom. The minimum atomic E-state index is 0.0296. The van der Waals surface area contributed by atoms with Crippen LogP contribution >= 0.6 is 0 Å². The second-order valence-electron chi connectivity index (χ2n) is 4.67. The van der Waals surface area contributed by atoms with Gasteiger partial charge in [0.1, 0.15) is 0 Å². The number of nitrogens with one attached hydrogen (secondary N) is 1. The lowest BCUT2D eigenvalue weighted by Crippen LogP contribution is -2.39. The van der Waals surface area contributed by atoms with Gasteiger partial charge in [-0.05, 0) is 25.1 Å². The minimum Gasteiger partial charge on any atom is -0.383 e. The van der Waals surface area contributed by atoms with E-state index in [1.165, 1.54) is 0 Å². The molecule has 0 aliphatic heterocycles. The average molecular weight is 279 g/mol. The second-order valence-corrected chi connectivity index (χ2v) is 4.67. The number of benzene rings is 1. The molecule has 0 radical (unpaired) electrons. The molecule has 5 heteroatoms. The van der Waals surface area contributed by atoms with Gasteiger partial charge in [0.25, 0.3) is 0 Å². The summed E-state index contributed by atoms with van der Waals surface area (Å²) in [4.78, 5) is 14.0. The van der Waals surface area contributed by atoms with Crippen molar-refractivity contribution in [1.82, 2.24) is 10.2 Å². The van der Waals surface area contributed by atoms with Crippen molar-refractivity contribution >= 4 is 5.91 Å². The van der Waals surface area contributed by atoms with Crippen LogP contribution in [0.1, 0.15) is 12.0 Å². The molecule has 1 amide bonds. The normalized spacial score (nSPS) is 10.8.